The van der Waals surface area contributed by atoms with Gasteiger partial charge in [0.15, 0.2) is 0 Å². The molecule has 4 aromatic carbocycles. The Bertz CT molecular complexity index is 1380. The van der Waals surface area contributed by atoms with Gasteiger partial charge < -0.3 is 0 Å². The van der Waals surface area contributed by atoms with Crippen molar-refractivity contribution in [2.24, 2.45) is 0 Å². The van der Waals surface area contributed by atoms with Gasteiger partial charge in [-0.05, 0) is 67.6 Å². The lowest BCUT2D eigenvalue weighted by molar-refractivity contribution is 0.794. The summed E-state index contributed by atoms with van der Waals surface area (Å²) < 4.78 is 0. The summed E-state index contributed by atoms with van der Waals surface area (Å²) in [5.41, 5.74) is 12.1. The molecular weight excluding hydrogens is 380 g/mol. The van der Waals surface area contributed by atoms with Crippen molar-refractivity contribution in [1.82, 2.24) is 0 Å². The van der Waals surface area contributed by atoms with E-state index in [4.69, 9.17) is 0 Å². The highest BCUT2D eigenvalue weighted by Gasteiger charge is 2.51. The van der Waals surface area contributed by atoms with E-state index in [0.717, 1.165) is 0 Å². The molecule has 0 aliphatic heterocycles. The largest absolute Gasteiger partial charge is 0.144 e. The van der Waals surface area contributed by atoms with Crippen LogP contribution in [-0.4, -0.2) is 0 Å². The van der Waals surface area contributed by atoms with Gasteiger partial charge in [-0.15, -0.1) is 11.3 Å². The van der Waals surface area contributed by atoms with Crippen LogP contribution in [0.25, 0.3) is 32.7 Å². The molecule has 0 fully saturated rings. The molecule has 0 N–H and O–H groups in total. The second-order valence-corrected chi connectivity index (χ2v) is 9.07. The van der Waals surface area contributed by atoms with Crippen molar-refractivity contribution < 1.29 is 0 Å². The SMILES string of the molecule is c1csc(-c2ccc3c(c2)C2(c4ccccc4-c4ccccc42)c2ccccc2-3)c1. The fraction of sp³-hybridized carbons (Fsp3) is 0.0345. The Morgan fingerprint density at radius 2 is 1.00 bits per heavy atom. The smallest absolute Gasteiger partial charge is 0.0725 e. The molecule has 0 radical (unpaired) electrons. The van der Waals surface area contributed by atoms with Gasteiger partial charge in [0.05, 0.1) is 5.41 Å². The maximum Gasteiger partial charge on any atom is 0.0725 e. The normalized spacial score (nSPS) is 14.3. The van der Waals surface area contributed by atoms with Gasteiger partial charge in [-0.1, -0.05) is 91.0 Å². The van der Waals surface area contributed by atoms with Crippen molar-refractivity contribution in [2.75, 3.05) is 0 Å². The quantitative estimate of drug-likeness (QED) is 0.265. The van der Waals surface area contributed by atoms with Gasteiger partial charge in [0.1, 0.15) is 0 Å². The van der Waals surface area contributed by atoms with Crippen molar-refractivity contribution in [1.29, 1.82) is 0 Å². The Balaban J connectivity index is 1.67. The molecule has 0 unspecified atom stereocenters. The van der Waals surface area contributed by atoms with Gasteiger partial charge in [0, 0.05) is 4.88 Å². The summed E-state index contributed by atoms with van der Waals surface area (Å²) in [5, 5.41) is 2.16. The molecule has 2 aliphatic carbocycles. The van der Waals surface area contributed by atoms with Crippen LogP contribution in [-0.2, 0) is 5.41 Å². The first-order valence-corrected chi connectivity index (χ1v) is 11.2. The Labute approximate surface area is 180 Å². The molecule has 1 heteroatoms. The fourth-order valence-corrected chi connectivity index (χ4v) is 6.41. The molecule has 0 amide bonds. The van der Waals surface area contributed by atoms with Crippen LogP contribution in [0.5, 0.6) is 0 Å². The lowest BCUT2D eigenvalue weighted by Gasteiger charge is -2.30. The number of thiophene rings is 1. The van der Waals surface area contributed by atoms with Gasteiger partial charge in [-0.25, -0.2) is 0 Å². The molecule has 0 bridgehead atoms. The number of benzene rings is 4. The average molecular weight is 399 g/mol. The molecule has 7 rings (SSSR count). The highest BCUT2D eigenvalue weighted by Crippen LogP contribution is 2.62. The lowest BCUT2D eigenvalue weighted by Crippen LogP contribution is -2.25. The predicted octanol–water partition coefficient (Wildman–Crippen LogP) is 7.76. The molecule has 1 heterocycles. The zero-order chi connectivity index (χ0) is 19.7. The standard InChI is InChI=1S/C29H18S/c1-4-11-24-20(8-1)21-9-2-5-12-25(21)29(24)26-13-6-3-10-22(26)23-16-15-19(18-27(23)29)28-14-7-17-30-28/h1-18H. The summed E-state index contributed by atoms with van der Waals surface area (Å²) in [4.78, 5) is 1.32. The summed E-state index contributed by atoms with van der Waals surface area (Å²) in [5.74, 6) is 0. The third-order valence-corrected chi connectivity index (χ3v) is 7.72. The van der Waals surface area contributed by atoms with Crippen LogP contribution in [0.4, 0.5) is 0 Å². The minimum Gasteiger partial charge on any atom is -0.144 e. The summed E-state index contributed by atoms with van der Waals surface area (Å²) in [7, 11) is 0. The van der Waals surface area contributed by atoms with E-state index >= 15 is 0 Å². The summed E-state index contributed by atoms with van der Waals surface area (Å²) in [6.07, 6.45) is 0. The van der Waals surface area contributed by atoms with Crippen molar-refractivity contribution in [3.63, 3.8) is 0 Å². The Hall–Kier alpha value is -3.42. The van der Waals surface area contributed by atoms with E-state index in [9.17, 15) is 0 Å². The van der Waals surface area contributed by atoms with Gasteiger partial charge in [0.2, 0.25) is 0 Å². The number of fused-ring (bicyclic) bond motifs is 10. The van der Waals surface area contributed by atoms with E-state index in [-0.39, 0.29) is 5.41 Å². The Morgan fingerprint density at radius 1 is 0.467 bits per heavy atom. The molecule has 30 heavy (non-hydrogen) atoms. The van der Waals surface area contributed by atoms with Gasteiger partial charge >= 0.3 is 0 Å². The third kappa shape index (κ3) is 1.87. The number of hydrogen-bond acceptors (Lipinski definition) is 1. The summed E-state index contributed by atoms with van der Waals surface area (Å²) >= 11 is 1.81. The highest BCUT2D eigenvalue weighted by molar-refractivity contribution is 7.13. The molecule has 0 saturated carbocycles. The fourth-order valence-electron chi connectivity index (χ4n) is 5.69. The van der Waals surface area contributed by atoms with Crippen LogP contribution in [0.3, 0.4) is 0 Å². The van der Waals surface area contributed by atoms with E-state index < -0.39 is 0 Å². The minimum absolute atomic E-state index is 0.244. The molecule has 2 aliphatic rings. The number of rotatable bonds is 1. The van der Waals surface area contributed by atoms with Crippen molar-refractivity contribution in [2.45, 2.75) is 5.41 Å². The predicted molar refractivity (Wildman–Crippen MR) is 126 cm³/mol. The van der Waals surface area contributed by atoms with E-state index in [0.29, 0.717) is 0 Å². The van der Waals surface area contributed by atoms with Gasteiger partial charge in [-0.2, -0.15) is 0 Å². The van der Waals surface area contributed by atoms with E-state index in [1.165, 1.54) is 54.9 Å². The van der Waals surface area contributed by atoms with Crippen LogP contribution in [0, 0.1) is 0 Å². The Morgan fingerprint density at radius 3 is 1.53 bits per heavy atom. The van der Waals surface area contributed by atoms with E-state index in [1.807, 2.05) is 11.3 Å². The minimum atomic E-state index is -0.244. The molecule has 140 valence electrons. The zero-order valence-corrected chi connectivity index (χ0v) is 17.1. The van der Waals surface area contributed by atoms with Crippen LogP contribution in [0.15, 0.2) is 109 Å². The maximum absolute atomic E-state index is 2.44. The first kappa shape index (κ1) is 16.4. The second kappa shape index (κ2) is 5.81. The summed E-state index contributed by atoms with van der Waals surface area (Å²) in [6, 6.07) is 38.3. The van der Waals surface area contributed by atoms with Crippen molar-refractivity contribution >= 4 is 11.3 Å². The van der Waals surface area contributed by atoms with Crippen molar-refractivity contribution in [3.05, 3.63) is 131 Å². The van der Waals surface area contributed by atoms with Gasteiger partial charge in [0.25, 0.3) is 0 Å². The monoisotopic (exact) mass is 398 g/mol. The molecule has 1 spiro atoms. The molecular formula is C29H18S. The topological polar surface area (TPSA) is 0 Å². The first-order chi connectivity index (χ1) is 14.9. The third-order valence-electron chi connectivity index (χ3n) is 6.80. The van der Waals surface area contributed by atoms with Crippen molar-refractivity contribution in [3.8, 4) is 32.7 Å². The van der Waals surface area contributed by atoms with Crippen LogP contribution >= 0.6 is 11.3 Å². The number of hydrogen-bond donors (Lipinski definition) is 0. The van der Waals surface area contributed by atoms with Crippen LogP contribution in [0.1, 0.15) is 22.3 Å². The average Bonchev–Trinajstić information content (AvgIpc) is 3.51. The Kier molecular flexibility index (Phi) is 3.17. The van der Waals surface area contributed by atoms with E-state index in [2.05, 4.69) is 109 Å². The molecule has 5 aromatic rings. The molecule has 1 aromatic heterocycles. The molecule has 0 atom stereocenters. The molecule has 0 saturated heterocycles. The van der Waals surface area contributed by atoms with E-state index in [1.54, 1.807) is 0 Å². The molecule has 0 nitrogen and oxygen atoms in total. The highest BCUT2D eigenvalue weighted by atomic mass is 32.1. The van der Waals surface area contributed by atoms with Crippen LogP contribution < -0.4 is 0 Å². The zero-order valence-electron chi connectivity index (χ0n) is 16.3. The summed E-state index contributed by atoms with van der Waals surface area (Å²) in [6.45, 7) is 0. The maximum atomic E-state index is 2.44. The lowest BCUT2D eigenvalue weighted by atomic mass is 9.70. The van der Waals surface area contributed by atoms with Gasteiger partial charge in [-0.3, -0.25) is 0 Å². The second-order valence-electron chi connectivity index (χ2n) is 8.12. The van der Waals surface area contributed by atoms with Crippen LogP contribution in [0.2, 0.25) is 0 Å². The first-order valence-electron chi connectivity index (χ1n) is 10.4.